The Kier molecular flexibility index (Phi) is 14.3. The van der Waals surface area contributed by atoms with Crippen LogP contribution in [0, 0.1) is 11.8 Å². The third kappa shape index (κ3) is 15.1. The van der Waals surface area contributed by atoms with Crippen LogP contribution in [0.25, 0.3) is 0 Å². The normalized spacial score (nSPS) is 10.4. The molecule has 0 unspecified atom stereocenters. The highest BCUT2D eigenvalue weighted by atomic mass is 16.2. The molecule has 17 heavy (non-hydrogen) atoms. The predicted octanol–water partition coefficient (Wildman–Crippen LogP) is 5.37. The lowest BCUT2D eigenvalue weighted by atomic mass is 10.1. The van der Waals surface area contributed by atoms with Crippen molar-refractivity contribution < 1.29 is 5.11 Å². The standard InChI is InChI=1S/C16H28O/c1-2-3-4-5-6-7-8-9-10-11-12-13-14-15-16-17/h15-17H,2-4,7-14H2,1H3/b16-15+. The molecule has 0 atom stereocenters. The van der Waals surface area contributed by atoms with Crippen LogP contribution in [-0.2, 0) is 0 Å². The molecule has 0 aliphatic rings. The summed E-state index contributed by atoms with van der Waals surface area (Å²) in [6, 6.07) is 0. The molecule has 98 valence electrons. The predicted molar refractivity (Wildman–Crippen MR) is 76.0 cm³/mol. The van der Waals surface area contributed by atoms with E-state index in [0.29, 0.717) is 0 Å². The zero-order valence-corrected chi connectivity index (χ0v) is 11.4. The van der Waals surface area contributed by atoms with Crippen LogP contribution in [0.5, 0.6) is 0 Å². The first-order chi connectivity index (χ1) is 8.41. The first kappa shape index (κ1) is 16.1. The Hall–Kier alpha value is -0.900. The van der Waals surface area contributed by atoms with E-state index in [1.54, 1.807) is 0 Å². The van der Waals surface area contributed by atoms with Gasteiger partial charge >= 0.3 is 0 Å². The molecule has 0 heterocycles. The molecule has 0 rings (SSSR count). The molecule has 0 radical (unpaired) electrons. The molecule has 0 saturated carbocycles. The van der Waals surface area contributed by atoms with Crippen LogP contribution in [0.1, 0.15) is 77.6 Å². The quantitative estimate of drug-likeness (QED) is 0.307. The lowest BCUT2D eigenvalue weighted by molar-refractivity contribution is 0.469. The first-order valence-corrected chi connectivity index (χ1v) is 7.16. The van der Waals surface area contributed by atoms with E-state index in [0.717, 1.165) is 25.5 Å². The SMILES string of the molecule is CCCCC#CCCCCCCCC/C=C/O. The van der Waals surface area contributed by atoms with Crippen LogP contribution in [-0.4, -0.2) is 5.11 Å². The molecule has 0 spiro atoms. The second-order valence-electron chi connectivity index (χ2n) is 4.50. The minimum atomic E-state index is 1.01. The summed E-state index contributed by atoms with van der Waals surface area (Å²) in [4.78, 5) is 0. The minimum Gasteiger partial charge on any atom is -0.516 e. The number of aliphatic hydroxyl groups excluding tert-OH is 1. The fraction of sp³-hybridized carbons (Fsp3) is 0.750. The van der Waals surface area contributed by atoms with Crippen LogP contribution in [0.2, 0.25) is 0 Å². The van der Waals surface area contributed by atoms with Crippen molar-refractivity contribution in [2.75, 3.05) is 0 Å². The van der Waals surface area contributed by atoms with E-state index in [2.05, 4.69) is 18.8 Å². The Morgan fingerprint density at radius 1 is 0.824 bits per heavy atom. The van der Waals surface area contributed by atoms with E-state index in [1.807, 2.05) is 6.08 Å². The second kappa shape index (κ2) is 15.1. The maximum atomic E-state index is 8.45. The van der Waals surface area contributed by atoms with Gasteiger partial charge in [-0.25, -0.2) is 0 Å². The van der Waals surface area contributed by atoms with Gasteiger partial charge in [-0.1, -0.05) is 45.1 Å². The van der Waals surface area contributed by atoms with Crippen molar-refractivity contribution in [1.82, 2.24) is 0 Å². The van der Waals surface area contributed by atoms with Crippen LogP contribution in [0.15, 0.2) is 12.3 Å². The molecular weight excluding hydrogens is 208 g/mol. The molecular formula is C16H28O. The fourth-order valence-electron chi connectivity index (χ4n) is 1.70. The Labute approximate surface area is 107 Å². The van der Waals surface area contributed by atoms with Gasteiger partial charge in [-0.15, -0.1) is 11.8 Å². The van der Waals surface area contributed by atoms with Crippen LogP contribution < -0.4 is 0 Å². The van der Waals surface area contributed by atoms with Gasteiger partial charge in [0.1, 0.15) is 0 Å². The molecule has 0 saturated heterocycles. The molecule has 1 heteroatoms. The Morgan fingerprint density at radius 2 is 1.41 bits per heavy atom. The van der Waals surface area contributed by atoms with Gasteiger partial charge in [0.2, 0.25) is 0 Å². The van der Waals surface area contributed by atoms with E-state index < -0.39 is 0 Å². The van der Waals surface area contributed by atoms with Crippen molar-refractivity contribution in [3.05, 3.63) is 12.3 Å². The zero-order valence-electron chi connectivity index (χ0n) is 11.4. The lowest BCUT2D eigenvalue weighted by Crippen LogP contribution is -1.79. The van der Waals surface area contributed by atoms with Crippen molar-refractivity contribution in [3.63, 3.8) is 0 Å². The van der Waals surface area contributed by atoms with Gasteiger partial charge in [-0.2, -0.15) is 0 Å². The summed E-state index contributed by atoms with van der Waals surface area (Å²) < 4.78 is 0. The average molecular weight is 236 g/mol. The van der Waals surface area contributed by atoms with E-state index in [9.17, 15) is 0 Å². The summed E-state index contributed by atoms with van der Waals surface area (Å²) in [5, 5.41) is 8.45. The fourth-order valence-corrected chi connectivity index (χ4v) is 1.70. The third-order valence-corrected chi connectivity index (χ3v) is 2.81. The maximum Gasteiger partial charge on any atom is 0.0751 e. The van der Waals surface area contributed by atoms with E-state index >= 15 is 0 Å². The van der Waals surface area contributed by atoms with Gasteiger partial charge < -0.3 is 5.11 Å². The summed E-state index contributed by atoms with van der Waals surface area (Å²) in [5.74, 6) is 6.48. The van der Waals surface area contributed by atoms with Crippen molar-refractivity contribution in [2.24, 2.45) is 0 Å². The zero-order chi connectivity index (χ0) is 12.6. The van der Waals surface area contributed by atoms with Crippen molar-refractivity contribution >= 4 is 0 Å². The van der Waals surface area contributed by atoms with E-state index in [4.69, 9.17) is 5.11 Å². The smallest absolute Gasteiger partial charge is 0.0751 e. The highest BCUT2D eigenvalue weighted by Gasteiger charge is 1.89. The highest BCUT2D eigenvalue weighted by Crippen LogP contribution is 2.08. The average Bonchev–Trinajstić information content (AvgIpc) is 2.35. The van der Waals surface area contributed by atoms with Gasteiger partial charge in [-0.05, 0) is 25.7 Å². The molecule has 0 aromatic rings. The molecule has 0 aliphatic heterocycles. The van der Waals surface area contributed by atoms with Crippen LogP contribution >= 0.6 is 0 Å². The largest absolute Gasteiger partial charge is 0.516 e. The Balaban J connectivity index is 3.04. The second-order valence-corrected chi connectivity index (χ2v) is 4.50. The molecule has 1 nitrogen and oxygen atoms in total. The molecule has 0 fully saturated rings. The number of allylic oxidation sites excluding steroid dienone is 1. The van der Waals surface area contributed by atoms with Crippen LogP contribution in [0.3, 0.4) is 0 Å². The van der Waals surface area contributed by atoms with Crippen molar-refractivity contribution in [2.45, 2.75) is 77.6 Å². The summed E-state index contributed by atoms with van der Waals surface area (Å²) in [6.45, 7) is 2.21. The highest BCUT2D eigenvalue weighted by molar-refractivity contribution is 4.98. The summed E-state index contributed by atoms with van der Waals surface area (Å²) >= 11 is 0. The maximum absolute atomic E-state index is 8.45. The van der Waals surface area contributed by atoms with E-state index in [1.165, 1.54) is 51.4 Å². The molecule has 0 aromatic carbocycles. The molecule has 0 aliphatic carbocycles. The van der Waals surface area contributed by atoms with Crippen molar-refractivity contribution in [1.29, 1.82) is 0 Å². The Morgan fingerprint density at radius 3 is 2.06 bits per heavy atom. The number of unbranched alkanes of at least 4 members (excludes halogenated alkanes) is 9. The summed E-state index contributed by atoms with van der Waals surface area (Å²) in [7, 11) is 0. The molecule has 0 amide bonds. The topological polar surface area (TPSA) is 20.2 Å². The lowest BCUT2D eigenvalue weighted by Gasteiger charge is -1.98. The van der Waals surface area contributed by atoms with Gasteiger partial charge in [0.25, 0.3) is 0 Å². The number of rotatable bonds is 10. The monoisotopic (exact) mass is 236 g/mol. The molecule has 1 N–H and O–H groups in total. The van der Waals surface area contributed by atoms with Gasteiger partial charge in [0.05, 0.1) is 6.26 Å². The number of hydrogen-bond acceptors (Lipinski definition) is 1. The number of hydrogen-bond donors (Lipinski definition) is 1. The molecule has 0 bridgehead atoms. The van der Waals surface area contributed by atoms with Crippen LogP contribution in [0.4, 0.5) is 0 Å². The first-order valence-electron chi connectivity index (χ1n) is 7.16. The molecule has 0 aromatic heterocycles. The Bertz CT molecular complexity index is 219. The summed E-state index contributed by atoms with van der Waals surface area (Å²) in [5.41, 5.74) is 0. The third-order valence-electron chi connectivity index (χ3n) is 2.81. The summed E-state index contributed by atoms with van der Waals surface area (Å²) in [6.07, 6.45) is 16.4. The van der Waals surface area contributed by atoms with Gasteiger partial charge in [0.15, 0.2) is 0 Å². The van der Waals surface area contributed by atoms with Gasteiger partial charge in [0, 0.05) is 12.8 Å². The van der Waals surface area contributed by atoms with Crippen molar-refractivity contribution in [3.8, 4) is 11.8 Å². The number of aliphatic hydroxyl groups is 1. The minimum absolute atomic E-state index is 1.01. The van der Waals surface area contributed by atoms with Gasteiger partial charge in [-0.3, -0.25) is 0 Å². The van der Waals surface area contributed by atoms with E-state index in [-0.39, 0.29) is 0 Å².